The quantitative estimate of drug-likeness (QED) is 0.847. The second kappa shape index (κ2) is 5.81. The lowest BCUT2D eigenvalue weighted by molar-refractivity contribution is -0.133. The Morgan fingerprint density at radius 3 is 2.84 bits per heavy atom. The molecule has 0 amide bonds. The predicted molar refractivity (Wildman–Crippen MR) is 74.6 cm³/mol. The molecular weight excluding hydrogens is 264 g/mol. The predicted octanol–water partition coefficient (Wildman–Crippen LogP) is 1.62. The van der Waals surface area contributed by atoms with Crippen molar-refractivity contribution in [1.29, 1.82) is 0 Å². The van der Waals surface area contributed by atoms with E-state index in [1.54, 1.807) is 0 Å². The summed E-state index contributed by atoms with van der Waals surface area (Å²) in [7, 11) is 1.89. The molecule has 2 atom stereocenters. The topological polar surface area (TPSA) is 71.2 Å². The van der Waals surface area contributed by atoms with Crippen molar-refractivity contribution >= 4 is 23.7 Å². The lowest BCUT2D eigenvalue weighted by Gasteiger charge is -2.37. The maximum Gasteiger partial charge on any atom is 0.313 e. The lowest BCUT2D eigenvalue weighted by atomic mass is 9.95. The first-order valence-corrected chi connectivity index (χ1v) is 7.48. The summed E-state index contributed by atoms with van der Waals surface area (Å²) in [5.41, 5.74) is 0. The average Bonchev–Trinajstić information content (AvgIpc) is 2.71. The number of rotatable bonds is 4. The molecule has 0 radical (unpaired) electrons. The van der Waals surface area contributed by atoms with E-state index < -0.39 is 5.97 Å². The Hall–Kier alpha value is -1.24. The lowest BCUT2D eigenvalue weighted by Crippen LogP contribution is -2.42. The zero-order valence-electron chi connectivity index (χ0n) is 11.5. The Labute approximate surface area is 117 Å². The van der Waals surface area contributed by atoms with Crippen molar-refractivity contribution in [3.05, 3.63) is 0 Å². The minimum Gasteiger partial charge on any atom is -0.481 e. The molecule has 1 aromatic heterocycles. The minimum atomic E-state index is -0.838. The highest BCUT2D eigenvalue weighted by Crippen LogP contribution is 2.28. The molecule has 2 heterocycles. The molecule has 1 saturated heterocycles. The Morgan fingerprint density at radius 1 is 1.42 bits per heavy atom. The average molecular weight is 284 g/mol. The Bertz CT molecular complexity index is 463. The summed E-state index contributed by atoms with van der Waals surface area (Å²) in [6, 6.07) is 0.455. The fraction of sp³-hybridized carbons (Fsp3) is 0.750. The molecule has 1 fully saturated rings. The second-order valence-corrected chi connectivity index (χ2v) is 6.15. The highest BCUT2D eigenvalue weighted by molar-refractivity contribution is 7.99. The monoisotopic (exact) mass is 284 g/mol. The van der Waals surface area contributed by atoms with E-state index in [0.29, 0.717) is 17.1 Å². The maximum absolute atomic E-state index is 10.6. The first-order valence-electron chi connectivity index (χ1n) is 6.49. The van der Waals surface area contributed by atoms with Crippen LogP contribution in [0.3, 0.4) is 0 Å². The molecule has 0 bridgehead atoms. The number of piperidine rings is 1. The van der Waals surface area contributed by atoms with Gasteiger partial charge in [-0.2, -0.15) is 0 Å². The van der Waals surface area contributed by atoms with Crippen molar-refractivity contribution in [2.45, 2.75) is 37.9 Å². The Balaban J connectivity index is 2.14. The molecule has 6 nitrogen and oxygen atoms in total. The number of aliphatic carboxylic acids is 1. The molecule has 1 aliphatic heterocycles. The zero-order valence-corrected chi connectivity index (χ0v) is 12.4. The van der Waals surface area contributed by atoms with Crippen LogP contribution in [0.5, 0.6) is 0 Å². The van der Waals surface area contributed by atoms with E-state index >= 15 is 0 Å². The van der Waals surface area contributed by atoms with Crippen LogP contribution < -0.4 is 4.90 Å². The maximum atomic E-state index is 10.6. The molecule has 2 unspecified atom stereocenters. The first-order chi connectivity index (χ1) is 8.99. The fourth-order valence-corrected chi connectivity index (χ4v) is 3.00. The summed E-state index contributed by atoms with van der Waals surface area (Å²) in [6.45, 7) is 5.43. The Kier molecular flexibility index (Phi) is 4.34. The van der Waals surface area contributed by atoms with Gasteiger partial charge in [0.25, 0.3) is 0 Å². The number of carboxylic acids is 1. The van der Waals surface area contributed by atoms with Gasteiger partial charge in [0.2, 0.25) is 5.95 Å². The van der Waals surface area contributed by atoms with Gasteiger partial charge in [-0.3, -0.25) is 9.36 Å². The van der Waals surface area contributed by atoms with Gasteiger partial charge in [-0.15, -0.1) is 10.2 Å². The number of aromatic nitrogens is 3. The summed E-state index contributed by atoms with van der Waals surface area (Å²) in [4.78, 5) is 12.9. The minimum absolute atomic E-state index is 0.0118. The Morgan fingerprint density at radius 2 is 2.16 bits per heavy atom. The van der Waals surface area contributed by atoms with Crippen LogP contribution in [0.1, 0.15) is 26.7 Å². The van der Waals surface area contributed by atoms with E-state index in [1.807, 2.05) is 11.6 Å². The number of carbonyl (C=O) groups is 1. The third-order valence-electron chi connectivity index (χ3n) is 3.51. The summed E-state index contributed by atoms with van der Waals surface area (Å²) in [5, 5.41) is 17.7. The summed E-state index contributed by atoms with van der Waals surface area (Å²) in [5.74, 6) is 0.669. The standard InChI is InChI=1S/C12H20N4O2S/c1-8-4-5-9(2)16(6-8)11-13-14-12(15(11)3)19-7-10(17)18/h8-9H,4-7H2,1-3H3,(H,17,18). The van der Waals surface area contributed by atoms with Crippen LogP contribution in [0, 0.1) is 5.92 Å². The van der Waals surface area contributed by atoms with Gasteiger partial charge < -0.3 is 10.0 Å². The molecule has 2 rings (SSSR count). The van der Waals surface area contributed by atoms with E-state index in [4.69, 9.17) is 5.11 Å². The van der Waals surface area contributed by atoms with Crippen molar-refractivity contribution in [3.8, 4) is 0 Å². The smallest absolute Gasteiger partial charge is 0.313 e. The van der Waals surface area contributed by atoms with E-state index in [9.17, 15) is 4.79 Å². The van der Waals surface area contributed by atoms with Crippen LogP contribution in [0.2, 0.25) is 0 Å². The van der Waals surface area contributed by atoms with Gasteiger partial charge in [0, 0.05) is 19.6 Å². The number of thioether (sulfide) groups is 1. The van der Waals surface area contributed by atoms with Crippen LogP contribution >= 0.6 is 11.8 Å². The molecule has 106 valence electrons. The van der Waals surface area contributed by atoms with Gasteiger partial charge in [0.1, 0.15) is 0 Å². The van der Waals surface area contributed by atoms with Crippen LogP contribution in [0.15, 0.2) is 5.16 Å². The first kappa shape index (κ1) is 14.2. The van der Waals surface area contributed by atoms with Crippen molar-refractivity contribution in [2.24, 2.45) is 13.0 Å². The van der Waals surface area contributed by atoms with Gasteiger partial charge in [0.15, 0.2) is 5.16 Å². The summed E-state index contributed by atoms with van der Waals surface area (Å²) in [6.07, 6.45) is 2.40. The van der Waals surface area contributed by atoms with E-state index in [1.165, 1.54) is 18.2 Å². The molecule has 0 aromatic carbocycles. The number of anilines is 1. The van der Waals surface area contributed by atoms with Gasteiger partial charge in [0.05, 0.1) is 5.75 Å². The SMILES string of the molecule is CC1CCC(C)N(c2nnc(SCC(=O)O)n2C)C1. The number of hydrogen-bond acceptors (Lipinski definition) is 5. The van der Waals surface area contributed by atoms with Crippen molar-refractivity contribution in [2.75, 3.05) is 17.2 Å². The van der Waals surface area contributed by atoms with E-state index in [2.05, 4.69) is 28.9 Å². The van der Waals surface area contributed by atoms with Crippen molar-refractivity contribution in [1.82, 2.24) is 14.8 Å². The van der Waals surface area contributed by atoms with Gasteiger partial charge in [-0.1, -0.05) is 18.7 Å². The normalized spacial score (nSPS) is 23.6. The molecule has 1 aliphatic rings. The second-order valence-electron chi connectivity index (χ2n) is 5.21. The van der Waals surface area contributed by atoms with E-state index in [0.717, 1.165) is 18.9 Å². The molecule has 0 saturated carbocycles. The molecule has 19 heavy (non-hydrogen) atoms. The van der Waals surface area contributed by atoms with Gasteiger partial charge >= 0.3 is 5.97 Å². The third kappa shape index (κ3) is 3.20. The molecular formula is C12H20N4O2S. The van der Waals surface area contributed by atoms with Crippen LogP contribution in [0.4, 0.5) is 5.95 Å². The van der Waals surface area contributed by atoms with Crippen molar-refractivity contribution in [3.63, 3.8) is 0 Å². The highest BCUT2D eigenvalue weighted by atomic mass is 32.2. The zero-order chi connectivity index (χ0) is 14.0. The number of nitrogens with zero attached hydrogens (tertiary/aromatic N) is 4. The van der Waals surface area contributed by atoms with Crippen molar-refractivity contribution < 1.29 is 9.90 Å². The molecule has 7 heteroatoms. The van der Waals surface area contributed by atoms with Gasteiger partial charge in [-0.05, 0) is 25.7 Å². The molecule has 1 aromatic rings. The van der Waals surface area contributed by atoms with Crippen LogP contribution in [0.25, 0.3) is 0 Å². The summed E-state index contributed by atoms with van der Waals surface area (Å²) >= 11 is 1.21. The van der Waals surface area contributed by atoms with E-state index in [-0.39, 0.29) is 5.75 Å². The third-order valence-corrected chi connectivity index (χ3v) is 4.52. The van der Waals surface area contributed by atoms with Crippen LogP contribution in [-0.4, -0.2) is 44.2 Å². The highest BCUT2D eigenvalue weighted by Gasteiger charge is 2.27. The fourth-order valence-electron chi connectivity index (χ4n) is 2.38. The summed E-state index contributed by atoms with van der Waals surface area (Å²) < 4.78 is 1.89. The van der Waals surface area contributed by atoms with Gasteiger partial charge in [-0.25, -0.2) is 0 Å². The molecule has 0 spiro atoms. The number of carboxylic acid groups (broad SMARTS) is 1. The largest absolute Gasteiger partial charge is 0.481 e. The number of hydrogen-bond donors (Lipinski definition) is 1. The van der Waals surface area contributed by atoms with Crippen LogP contribution in [-0.2, 0) is 11.8 Å². The molecule has 1 N–H and O–H groups in total. The molecule has 0 aliphatic carbocycles.